The second-order valence-electron chi connectivity index (χ2n) is 6.09. The number of aromatic nitrogens is 4. The SMILES string of the molecule is N#CCNC(=O)C1CCN(c2ncnc3cnc4[nH]ccc4c23)CC1. The number of nitriles is 1. The first kappa shape index (κ1) is 15.3. The van der Waals surface area contributed by atoms with E-state index in [2.05, 4.69) is 30.2 Å². The first-order chi connectivity index (χ1) is 12.3. The quantitative estimate of drug-likeness (QED) is 0.699. The van der Waals surface area contributed by atoms with Gasteiger partial charge < -0.3 is 15.2 Å². The topological polar surface area (TPSA) is 111 Å². The summed E-state index contributed by atoms with van der Waals surface area (Å²) >= 11 is 0. The molecule has 8 heteroatoms. The number of carbonyl (C=O) groups excluding carboxylic acids is 1. The van der Waals surface area contributed by atoms with E-state index in [0.29, 0.717) is 0 Å². The van der Waals surface area contributed by atoms with E-state index in [0.717, 1.165) is 53.7 Å². The standard InChI is InChI=1S/C17H17N7O/c18-4-6-20-17(25)11-2-7-24(8-3-11)16-14-12-1-5-19-15(12)21-9-13(14)22-10-23-16/h1,5,9-11H,2-3,6-8H2,(H,19,21)(H,20,25). The van der Waals surface area contributed by atoms with Gasteiger partial charge in [-0.2, -0.15) is 5.26 Å². The average Bonchev–Trinajstić information content (AvgIpc) is 3.15. The molecule has 0 atom stereocenters. The summed E-state index contributed by atoms with van der Waals surface area (Å²) in [5.41, 5.74) is 1.63. The molecule has 3 aromatic rings. The average molecular weight is 335 g/mol. The lowest BCUT2D eigenvalue weighted by Crippen LogP contribution is -2.41. The molecule has 0 saturated carbocycles. The van der Waals surface area contributed by atoms with Crippen LogP contribution in [-0.4, -0.2) is 45.5 Å². The van der Waals surface area contributed by atoms with E-state index >= 15 is 0 Å². The number of carbonyl (C=O) groups is 1. The Morgan fingerprint density at radius 3 is 3.00 bits per heavy atom. The fourth-order valence-electron chi connectivity index (χ4n) is 3.40. The van der Waals surface area contributed by atoms with Gasteiger partial charge in [0.25, 0.3) is 0 Å². The zero-order valence-corrected chi connectivity index (χ0v) is 13.6. The largest absolute Gasteiger partial charge is 0.356 e. The van der Waals surface area contributed by atoms with Crippen LogP contribution in [0.4, 0.5) is 5.82 Å². The minimum Gasteiger partial charge on any atom is -0.356 e. The maximum Gasteiger partial charge on any atom is 0.224 e. The van der Waals surface area contributed by atoms with Crippen LogP contribution in [0.25, 0.3) is 21.9 Å². The van der Waals surface area contributed by atoms with Crippen molar-refractivity contribution in [2.24, 2.45) is 5.92 Å². The van der Waals surface area contributed by atoms with E-state index in [1.54, 1.807) is 12.5 Å². The molecule has 3 aromatic heterocycles. The fourth-order valence-corrected chi connectivity index (χ4v) is 3.40. The second kappa shape index (κ2) is 6.36. The summed E-state index contributed by atoms with van der Waals surface area (Å²) < 4.78 is 0. The van der Waals surface area contributed by atoms with Crippen LogP contribution in [0.15, 0.2) is 24.8 Å². The molecule has 126 valence electrons. The molecule has 1 amide bonds. The Balaban J connectivity index is 1.60. The summed E-state index contributed by atoms with van der Waals surface area (Å²) in [5.74, 6) is 0.797. The molecule has 4 heterocycles. The minimum atomic E-state index is -0.0494. The highest BCUT2D eigenvalue weighted by atomic mass is 16.1. The van der Waals surface area contributed by atoms with Gasteiger partial charge >= 0.3 is 0 Å². The number of hydrogen-bond acceptors (Lipinski definition) is 6. The van der Waals surface area contributed by atoms with Crippen molar-refractivity contribution in [2.45, 2.75) is 12.8 Å². The number of amides is 1. The zero-order chi connectivity index (χ0) is 17.2. The molecule has 0 radical (unpaired) electrons. The summed E-state index contributed by atoms with van der Waals surface area (Å²) in [6.07, 6.45) is 6.65. The monoisotopic (exact) mass is 335 g/mol. The third-order valence-electron chi connectivity index (χ3n) is 4.67. The van der Waals surface area contributed by atoms with Crippen molar-refractivity contribution in [3.05, 3.63) is 24.8 Å². The van der Waals surface area contributed by atoms with E-state index in [4.69, 9.17) is 5.26 Å². The molecule has 0 aromatic carbocycles. The van der Waals surface area contributed by atoms with Crippen molar-refractivity contribution in [2.75, 3.05) is 24.5 Å². The summed E-state index contributed by atoms with van der Waals surface area (Å²) in [7, 11) is 0. The summed E-state index contributed by atoms with van der Waals surface area (Å²) in [5, 5.41) is 13.2. The number of H-pyrrole nitrogens is 1. The Bertz CT molecular complexity index is 966. The molecule has 0 bridgehead atoms. The molecule has 2 N–H and O–H groups in total. The van der Waals surface area contributed by atoms with Crippen LogP contribution < -0.4 is 10.2 Å². The van der Waals surface area contributed by atoms with Crippen LogP contribution >= 0.6 is 0 Å². The second-order valence-corrected chi connectivity index (χ2v) is 6.09. The van der Waals surface area contributed by atoms with Gasteiger partial charge in [-0.25, -0.2) is 15.0 Å². The number of rotatable bonds is 3. The van der Waals surface area contributed by atoms with Crippen molar-refractivity contribution in [3.8, 4) is 6.07 Å². The molecular formula is C17H17N7O. The van der Waals surface area contributed by atoms with Crippen molar-refractivity contribution in [3.63, 3.8) is 0 Å². The van der Waals surface area contributed by atoms with E-state index in [1.807, 2.05) is 18.3 Å². The molecule has 4 rings (SSSR count). The van der Waals surface area contributed by atoms with Gasteiger partial charge in [0.2, 0.25) is 5.91 Å². The highest BCUT2D eigenvalue weighted by Crippen LogP contribution is 2.31. The molecular weight excluding hydrogens is 318 g/mol. The van der Waals surface area contributed by atoms with Crippen LogP contribution in [-0.2, 0) is 4.79 Å². The van der Waals surface area contributed by atoms with Crippen molar-refractivity contribution in [1.82, 2.24) is 25.3 Å². The Labute approximate surface area is 143 Å². The first-order valence-electron chi connectivity index (χ1n) is 8.24. The van der Waals surface area contributed by atoms with Crippen molar-refractivity contribution in [1.29, 1.82) is 5.26 Å². The number of piperidine rings is 1. The molecule has 0 spiro atoms. The predicted molar refractivity (Wildman–Crippen MR) is 92.7 cm³/mol. The molecule has 1 saturated heterocycles. The summed E-state index contributed by atoms with van der Waals surface area (Å²) in [4.78, 5) is 30.6. The smallest absolute Gasteiger partial charge is 0.224 e. The number of nitrogens with one attached hydrogen (secondary N) is 2. The third-order valence-corrected chi connectivity index (χ3v) is 4.67. The Kier molecular flexibility index (Phi) is 3.90. The van der Waals surface area contributed by atoms with E-state index < -0.39 is 0 Å². The Hall–Kier alpha value is -3.21. The number of fused-ring (bicyclic) bond motifs is 3. The number of hydrogen-bond donors (Lipinski definition) is 2. The maximum absolute atomic E-state index is 12.0. The number of pyridine rings is 1. The van der Waals surface area contributed by atoms with Gasteiger partial charge in [0.15, 0.2) is 0 Å². The van der Waals surface area contributed by atoms with Gasteiger partial charge in [-0.1, -0.05) is 0 Å². The normalized spacial score (nSPS) is 15.4. The third kappa shape index (κ3) is 2.74. The van der Waals surface area contributed by atoms with E-state index in [9.17, 15) is 4.79 Å². The summed E-state index contributed by atoms with van der Waals surface area (Å²) in [6, 6.07) is 3.92. The highest BCUT2D eigenvalue weighted by molar-refractivity contribution is 6.08. The minimum absolute atomic E-state index is 0.0361. The molecule has 25 heavy (non-hydrogen) atoms. The Morgan fingerprint density at radius 2 is 2.20 bits per heavy atom. The van der Waals surface area contributed by atoms with Crippen LogP contribution in [0.1, 0.15) is 12.8 Å². The van der Waals surface area contributed by atoms with Gasteiger partial charge in [-0.3, -0.25) is 4.79 Å². The van der Waals surface area contributed by atoms with Gasteiger partial charge in [0, 0.05) is 30.6 Å². The number of aromatic amines is 1. The lowest BCUT2D eigenvalue weighted by molar-refractivity contribution is -0.125. The molecule has 0 aliphatic carbocycles. The molecule has 0 unspecified atom stereocenters. The lowest BCUT2D eigenvalue weighted by atomic mass is 9.95. The van der Waals surface area contributed by atoms with Gasteiger partial charge in [-0.05, 0) is 18.9 Å². The van der Waals surface area contributed by atoms with Crippen LogP contribution in [0.3, 0.4) is 0 Å². The number of nitrogens with zero attached hydrogens (tertiary/aromatic N) is 5. The van der Waals surface area contributed by atoms with Gasteiger partial charge in [0.05, 0.1) is 23.2 Å². The van der Waals surface area contributed by atoms with Crippen molar-refractivity contribution < 1.29 is 4.79 Å². The van der Waals surface area contributed by atoms with E-state index in [-0.39, 0.29) is 18.4 Å². The van der Waals surface area contributed by atoms with Gasteiger partial charge in [-0.15, -0.1) is 0 Å². The zero-order valence-electron chi connectivity index (χ0n) is 13.6. The van der Waals surface area contributed by atoms with Crippen LogP contribution in [0.2, 0.25) is 0 Å². The molecule has 1 aliphatic heterocycles. The van der Waals surface area contributed by atoms with E-state index in [1.165, 1.54) is 0 Å². The molecule has 1 aliphatic rings. The van der Waals surface area contributed by atoms with Crippen LogP contribution in [0.5, 0.6) is 0 Å². The molecule has 8 nitrogen and oxygen atoms in total. The fraction of sp³-hybridized carbons (Fsp3) is 0.353. The number of anilines is 1. The molecule has 1 fully saturated rings. The highest BCUT2D eigenvalue weighted by Gasteiger charge is 2.26. The summed E-state index contributed by atoms with van der Waals surface area (Å²) in [6.45, 7) is 1.55. The Morgan fingerprint density at radius 1 is 1.36 bits per heavy atom. The van der Waals surface area contributed by atoms with Crippen molar-refractivity contribution >= 4 is 33.7 Å². The maximum atomic E-state index is 12.0. The van der Waals surface area contributed by atoms with Gasteiger partial charge in [0.1, 0.15) is 24.3 Å². The lowest BCUT2D eigenvalue weighted by Gasteiger charge is -2.32. The predicted octanol–water partition coefficient (Wildman–Crippen LogP) is 1.36. The first-order valence-corrected chi connectivity index (χ1v) is 8.24. The van der Waals surface area contributed by atoms with Crippen LogP contribution in [0, 0.1) is 17.2 Å².